The van der Waals surface area contributed by atoms with Crippen molar-refractivity contribution in [1.82, 2.24) is 9.97 Å². The van der Waals surface area contributed by atoms with Crippen LogP contribution in [0.3, 0.4) is 0 Å². The summed E-state index contributed by atoms with van der Waals surface area (Å²) in [5, 5.41) is 2.03. The largest absolute Gasteiger partial charge is 0.368 e. The van der Waals surface area contributed by atoms with Gasteiger partial charge in [-0.3, -0.25) is 0 Å². The number of rotatable bonds is 2. The smallest absolute Gasteiger partial charge is 0.221 e. The monoisotopic (exact) mass is 281 g/mol. The molecule has 0 unspecified atom stereocenters. The van der Waals surface area contributed by atoms with E-state index in [4.69, 9.17) is 5.73 Å². The minimum Gasteiger partial charge on any atom is -0.368 e. The van der Waals surface area contributed by atoms with Gasteiger partial charge in [0, 0.05) is 5.56 Å². The zero-order valence-electron chi connectivity index (χ0n) is 11.4. The maximum atomic E-state index is 5.85. The highest BCUT2D eigenvalue weighted by Crippen LogP contribution is 2.28. The lowest BCUT2D eigenvalue weighted by Crippen LogP contribution is -1.98. The van der Waals surface area contributed by atoms with Gasteiger partial charge in [0.25, 0.3) is 0 Å². The molecule has 0 saturated carbocycles. The van der Waals surface area contributed by atoms with Gasteiger partial charge in [-0.15, -0.1) is 11.3 Å². The molecule has 1 aromatic carbocycles. The molecule has 4 heteroatoms. The molecule has 100 valence electrons. The summed E-state index contributed by atoms with van der Waals surface area (Å²) in [5.74, 6) is 0.309. The molecule has 3 rings (SSSR count). The van der Waals surface area contributed by atoms with Crippen LogP contribution in [-0.2, 0) is 0 Å². The van der Waals surface area contributed by atoms with Crippen molar-refractivity contribution in [3.63, 3.8) is 0 Å². The number of nitrogens with two attached hydrogens (primary N) is 1. The molecular formula is C16H15N3S. The Morgan fingerprint density at radius 1 is 0.950 bits per heavy atom. The molecule has 0 atom stereocenters. The van der Waals surface area contributed by atoms with Crippen molar-refractivity contribution in [3.8, 4) is 21.8 Å². The maximum Gasteiger partial charge on any atom is 0.221 e. The van der Waals surface area contributed by atoms with Crippen molar-refractivity contribution in [2.24, 2.45) is 0 Å². The lowest BCUT2D eigenvalue weighted by atomic mass is 10.0. The Bertz CT molecular complexity index is 748. The van der Waals surface area contributed by atoms with Crippen molar-refractivity contribution < 1.29 is 0 Å². The summed E-state index contributed by atoms with van der Waals surface area (Å²) in [7, 11) is 0. The van der Waals surface area contributed by atoms with E-state index in [0.29, 0.717) is 5.95 Å². The van der Waals surface area contributed by atoms with Gasteiger partial charge in [0.05, 0.1) is 16.3 Å². The molecule has 2 aromatic heterocycles. The molecule has 3 nitrogen and oxygen atoms in total. The van der Waals surface area contributed by atoms with Crippen LogP contribution in [0.25, 0.3) is 21.8 Å². The van der Waals surface area contributed by atoms with E-state index >= 15 is 0 Å². The van der Waals surface area contributed by atoms with Gasteiger partial charge in [-0.1, -0.05) is 18.2 Å². The molecule has 2 heterocycles. The molecule has 0 radical (unpaired) electrons. The molecule has 2 N–H and O–H groups in total. The SMILES string of the molecule is Cc1ccc(-c2cc(-c3cccs3)nc(N)n2)cc1C. The first-order chi connectivity index (χ1) is 9.63. The lowest BCUT2D eigenvalue weighted by Gasteiger charge is -2.07. The normalized spacial score (nSPS) is 10.7. The molecule has 0 fully saturated rings. The van der Waals surface area contributed by atoms with E-state index in [1.54, 1.807) is 11.3 Å². The number of hydrogen-bond acceptors (Lipinski definition) is 4. The highest BCUT2D eigenvalue weighted by atomic mass is 32.1. The van der Waals surface area contributed by atoms with Gasteiger partial charge in [-0.2, -0.15) is 0 Å². The van der Waals surface area contributed by atoms with Crippen molar-refractivity contribution in [1.29, 1.82) is 0 Å². The van der Waals surface area contributed by atoms with Crippen LogP contribution < -0.4 is 5.73 Å². The van der Waals surface area contributed by atoms with Gasteiger partial charge in [0.1, 0.15) is 0 Å². The van der Waals surface area contributed by atoms with Crippen LogP contribution in [0, 0.1) is 13.8 Å². The van der Waals surface area contributed by atoms with Crippen molar-refractivity contribution in [2.45, 2.75) is 13.8 Å². The predicted molar refractivity (Wildman–Crippen MR) is 84.7 cm³/mol. The summed E-state index contributed by atoms with van der Waals surface area (Å²) in [4.78, 5) is 9.78. The lowest BCUT2D eigenvalue weighted by molar-refractivity contribution is 1.19. The fourth-order valence-electron chi connectivity index (χ4n) is 2.07. The molecule has 0 spiro atoms. The number of nitrogens with zero attached hydrogens (tertiary/aromatic N) is 2. The van der Waals surface area contributed by atoms with Gasteiger partial charge < -0.3 is 5.73 Å². The molecule has 3 aromatic rings. The molecule has 0 bridgehead atoms. The highest BCUT2D eigenvalue weighted by Gasteiger charge is 2.08. The summed E-state index contributed by atoms with van der Waals surface area (Å²) in [6, 6.07) is 12.3. The van der Waals surface area contributed by atoms with Crippen molar-refractivity contribution >= 4 is 17.3 Å². The average Bonchev–Trinajstić information content (AvgIpc) is 2.95. The zero-order chi connectivity index (χ0) is 14.1. The molecular weight excluding hydrogens is 266 g/mol. The standard InChI is InChI=1S/C16H15N3S/c1-10-5-6-12(8-11(10)2)13-9-14(19-16(17)18-13)15-4-3-7-20-15/h3-9H,1-2H3,(H2,17,18,19). The number of hydrogen-bond donors (Lipinski definition) is 1. The second-order valence-electron chi connectivity index (χ2n) is 4.77. The molecule has 0 aliphatic heterocycles. The molecule has 0 aliphatic carbocycles. The summed E-state index contributed by atoms with van der Waals surface area (Å²) in [5.41, 5.74) is 11.2. The van der Waals surface area contributed by atoms with Crippen LogP contribution in [-0.4, -0.2) is 9.97 Å². The third kappa shape index (κ3) is 2.42. The van der Waals surface area contributed by atoms with Crippen LogP contribution in [0.4, 0.5) is 5.95 Å². The van der Waals surface area contributed by atoms with E-state index in [1.807, 2.05) is 23.6 Å². The van der Waals surface area contributed by atoms with Crippen LogP contribution in [0.1, 0.15) is 11.1 Å². The minimum absolute atomic E-state index is 0.309. The Hall–Kier alpha value is -2.20. The topological polar surface area (TPSA) is 51.8 Å². The third-order valence-corrected chi connectivity index (χ3v) is 4.21. The number of benzene rings is 1. The van der Waals surface area contributed by atoms with Gasteiger partial charge >= 0.3 is 0 Å². The first-order valence-electron chi connectivity index (χ1n) is 6.39. The van der Waals surface area contributed by atoms with E-state index in [2.05, 4.69) is 42.0 Å². The number of aryl methyl sites for hydroxylation is 2. The first-order valence-corrected chi connectivity index (χ1v) is 7.27. The summed E-state index contributed by atoms with van der Waals surface area (Å²) < 4.78 is 0. The Balaban J connectivity index is 2.12. The van der Waals surface area contributed by atoms with Crippen LogP contribution in [0.2, 0.25) is 0 Å². The molecule has 0 aliphatic rings. The van der Waals surface area contributed by atoms with Gasteiger partial charge in [0.2, 0.25) is 5.95 Å². The minimum atomic E-state index is 0.309. The van der Waals surface area contributed by atoms with E-state index in [9.17, 15) is 0 Å². The fourth-order valence-corrected chi connectivity index (χ4v) is 2.75. The highest BCUT2D eigenvalue weighted by molar-refractivity contribution is 7.13. The second kappa shape index (κ2) is 5.06. The Kier molecular flexibility index (Phi) is 3.24. The maximum absolute atomic E-state index is 5.85. The zero-order valence-corrected chi connectivity index (χ0v) is 12.2. The third-order valence-electron chi connectivity index (χ3n) is 3.32. The predicted octanol–water partition coefficient (Wildman–Crippen LogP) is 4.07. The number of thiophene rings is 1. The first kappa shape index (κ1) is 12.8. The van der Waals surface area contributed by atoms with Crippen LogP contribution in [0.15, 0.2) is 41.8 Å². The Morgan fingerprint density at radius 3 is 2.45 bits per heavy atom. The summed E-state index contributed by atoms with van der Waals surface area (Å²) in [6.07, 6.45) is 0. The van der Waals surface area contributed by atoms with E-state index in [0.717, 1.165) is 21.8 Å². The van der Waals surface area contributed by atoms with E-state index in [-0.39, 0.29) is 0 Å². The fraction of sp³-hybridized carbons (Fsp3) is 0.125. The molecule has 20 heavy (non-hydrogen) atoms. The average molecular weight is 281 g/mol. The van der Waals surface area contributed by atoms with Crippen LogP contribution >= 0.6 is 11.3 Å². The van der Waals surface area contributed by atoms with Gasteiger partial charge in [-0.05, 0) is 48.6 Å². The second-order valence-corrected chi connectivity index (χ2v) is 5.72. The molecule has 0 amide bonds. The summed E-state index contributed by atoms with van der Waals surface area (Å²) >= 11 is 1.65. The van der Waals surface area contributed by atoms with Crippen molar-refractivity contribution in [2.75, 3.05) is 5.73 Å². The van der Waals surface area contributed by atoms with Gasteiger partial charge in [0.15, 0.2) is 0 Å². The van der Waals surface area contributed by atoms with Crippen LogP contribution in [0.5, 0.6) is 0 Å². The quantitative estimate of drug-likeness (QED) is 0.770. The Labute approximate surface area is 122 Å². The number of anilines is 1. The Morgan fingerprint density at radius 2 is 1.75 bits per heavy atom. The van der Waals surface area contributed by atoms with Crippen molar-refractivity contribution in [3.05, 3.63) is 52.9 Å². The number of nitrogen functional groups attached to an aromatic ring is 1. The van der Waals surface area contributed by atoms with E-state index in [1.165, 1.54) is 11.1 Å². The molecule has 0 saturated heterocycles. The summed E-state index contributed by atoms with van der Waals surface area (Å²) in [6.45, 7) is 4.20. The van der Waals surface area contributed by atoms with E-state index < -0.39 is 0 Å². The van der Waals surface area contributed by atoms with Gasteiger partial charge in [-0.25, -0.2) is 9.97 Å². The number of aromatic nitrogens is 2.